The fraction of sp³-hybridized carbons (Fsp3) is 0.310. The van der Waals surface area contributed by atoms with E-state index >= 15 is 0 Å². The van der Waals surface area contributed by atoms with Crippen molar-refractivity contribution in [3.63, 3.8) is 0 Å². The molecule has 0 aliphatic heterocycles. The molecule has 3 aromatic rings. The van der Waals surface area contributed by atoms with Crippen molar-refractivity contribution in [2.24, 2.45) is 0 Å². The standard InChI is InChI=1S/C29H32BrFN2O3/c1-4-21(3)32-29(35)27(17-22-10-6-5-7-11-22)33(18-23-12-8-9-13-26(23)31)28(34)19-36-24-14-15-25(30)20(2)16-24/h5-16,21,27H,4,17-19H2,1-3H3,(H,32,35)/t21-,27+/m1/s1. The fourth-order valence-corrected chi connectivity index (χ4v) is 3.99. The zero-order valence-corrected chi connectivity index (χ0v) is 22.4. The van der Waals surface area contributed by atoms with Crippen LogP contribution in [-0.4, -0.2) is 35.4 Å². The van der Waals surface area contributed by atoms with Crippen LogP contribution in [0, 0.1) is 12.7 Å². The van der Waals surface area contributed by atoms with Gasteiger partial charge in [-0.05, 0) is 55.7 Å². The Kier molecular flexibility index (Phi) is 10.1. The van der Waals surface area contributed by atoms with Crippen LogP contribution in [0.5, 0.6) is 5.75 Å². The predicted octanol–water partition coefficient (Wildman–Crippen LogP) is 5.83. The number of nitrogens with zero attached hydrogens (tertiary/aromatic N) is 1. The molecular weight excluding hydrogens is 523 g/mol. The van der Waals surface area contributed by atoms with Gasteiger partial charge in [0.1, 0.15) is 17.6 Å². The first kappa shape index (κ1) is 27.4. The number of hydrogen-bond donors (Lipinski definition) is 1. The molecule has 3 rings (SSSR count). The first-order valence-corrected chi connectivity index (χ1v) is 12.8. The lowest BCUT2D eigenvalue weighted by atomic mass is 10.0. The average molecular weight is 555 g/mol. The molecule has 0 heterocycles. The highest BCUT2D eigenvalue weighted by Crippen LogP contribution is 2.22. The van der Waals surface area contributed by atoms with E-state index in [1.54, 1.807) is 24.3 Å². The summed E-state index contributed by atoms with van der Waals surface area (Å²) in [5.74, 6) is -0.574. The summed E-state index contributed by atoms with van der Waals surface area (Å²) in [6, 6.07) is 20.3. The Hall–Kier alpha value is -3.19. The molecule has 3 aromatic carbocycles. The van der Waals surface area contributed by atoms with Crippen molar-refractivity contribution < 1.29 is 18.7 Å². The van der Waals surface area contributed by atoms with Crippen molar-refractivity contribution in [3.8, 4) is 5.75 Å². The van der Waals surface area contributed by atoms with Crippen LogP contribution in [0.25, 0.3) is 0 Å². The van der Waals surface area contributed by atoms with E-state index in [-0.39, 0.29) is 25.1 Å². The Morgan fingerprint density at radius 3 is 2.42 bits per heavy atom. The predicted molar refractivity (Wildman–Crippen MR) is 143 cm³/mol. The molecule has 0 saturated heterocycles. The molecule has 2 atom stereocenters. The van der Waals surface area contributed by atoms with Crippen LogP contribution in [0.1, 0.15) is 37.0 Å². The quantitative estimate of drug-likeness (QED) is 0.324. The van der Waals surface area contributed by atoms with Crippen molar-refractivity contribution >= 4 is 27.7 Å². The van der Waals surface area contributed by atoms with Gasteiger partial charge in [-0.25, -0.2) is 4.39 Å². The van der Waals surface area contributed by atoms with Crippen LogP contribution < -0.4 is 10.1 Å². The SMILES string of the molecule is CC[C@@H](C)NC(=O)[C@H](Cc1ccccc1)N(Cc1ccccc1F)C(=O)COc1ccc(Br)c(C)c1. The van der Waals surface area contributed by atoms with Gasteiger partial charge in [0.25, 0.3) is 5.91 Å². The Balaban J connectivity index is 1.92. The molecule has 0 aromatic heterocycles. The molecule has 190 valence electrons. The van der Waals surface area contributed by atoms with E-state index in [4.69, 9.17) is 4.74 Å². The Bertz CT molecular complexity index is 1170. The Morgan fingerprint density at radius 2 is 1.75 bits per heavy atom. The number of benzene rings is 3. The number of amides is 2. The molecule has 7 heteroatoms. The second-order valence-corrected chi connectivity index (χ2v) is 9.69. The summed E-state index contributed by atoms with van der Waals surface area (Å²) in [6.45, 7) is 5.49. The second-order valence-electron chi connectivity index (χ2n) is 8.84. The topological polar surface area (TPSA) is 58.6 Å². The van der Waals surface area contributed by atoms with Crippen molar-refractivity contribution in [2.75, 3.05) is 6.61 Å². The molecule has 5 nitrogen and oxygen atoms in total. The number of nitrogens with one attached hydrogen (secondary N) is 1. The molecule has 0 bridgehead atoms. The van der Waals surface area contributed by atoms with Crippen LogP contribution in [0.4, 0.5) is 4.39 Å². The first-order valence-electron chi connectivity index (χ1n) is 12.0. The largest absolute Gasteiger partial charge is 0.484 e. The zero-order valence-electron chi connectivity index (χ0n) is 20.8. The molecule has 0 saturated carbocycles. The Labute approximate surface area is 220 Å². The highest BCUT2D eigenvalue weighted by Gasteiger charge is 2.31. The Morgan fingerprint density at radius 1 is 1.06 bits per heavy atom. The third-order valence-electron chi connectivity index (χ3n) is 6.06. The fourth-order valence-electron chi connectivity index (χ4n) is 3.74. The van der Waals surface area contributed by atoms with Gasteiger partial charge in [0, 0.05) is 29.0 Å². The monoisotopic (exact) mass is 554 g/mol. The van der Waals surface area contributed by atoms with Crippen LogP contribution in [-0.2, 0) is 22.6 Å². The van der Waals surface area contributed by atoms with Crippen molar-refractivity contribution in [1.29, 1.82) is 0 Å². The van der Waals surface area contributed by atoms with Gasteiger partial charge in [-0.3, -0.25) is 9.59 Å². The van der Waals surface area contributed by atoms with E-state index in [2.05, 4.69) is 21.2 Å². The average Bonchev–Trinajstić information content (AvgIpc) is 2.88. The molecule has 1 N–H and O–H groups in total. The zero-order chi connectivity index (χ0) is 26.1. The van der Waals surface area contributed by atoms with Gasteiger partial charge in [0.05, 0.1) is 0 Å². The van der Waals surface area contributed by atoms with Crippen LogP contribution in [0.2, 0.25) is 0 Å². The van der Waals surface area contributed by atoms with Crippen LogP contribution in [0.3, 0.4) is 0 Å². The number of halogens is 2. The maximum absolute atomic E-state index is 14.6. The van der Waals surface area contributed by atoms with Gasteiger partial charge >= 0.3 is 0 Å². The summed E-state index contributed by atoms with van der Waals surface area (Å²) < 4.78 is 21.4. The van der Waals surface area contributed by atoms with Gasteiger partial charge in [-0.2, -0.15) is 0 Å². The summed E-state index contributed by atoms with van der Waals surface area (Å²) in [5, 5.41) is 3.00. The van der Waals surface area contributed by atoms with Crippen molar-refractivity contribution in [2.45, 2.75) is 52.2 Å². The van der Waals surface area contributed by atoms with Gasteiger partial charge in [-0.1, -0.05) is 71.4 Å². The number of rotatable bonds is 11. The smallest absolute Gasteiger partial charge is 0.261 e. The second kappa shape index (κ2) is 13.2. The van der Waals surface area contributed by atoms with Crippen LogP contribution >= 0.6 is 15.9 Å². The van der Waals surface area contributed by atoms with E-state index in [0.29, 0.717) is 17.7 Å². The lowest BCUT2D eigenvalue weighted by Crippen LogP contribution is -2.53. The lowest BCUT2D eigenvalue weighted by Gasteiger charge is -2.32. The molecule has 0 radical (unpaired) electrons. The van der Waals surface area contributed by atoms with E-state index in [1.807, 2.05) is 63.2 Å². The molecule has 36 heavy (non-hydrogen) atoms. The molecule has 0 aliphatic carbocycles. The summed E-state index contributed by atoms with van der Waals surface area (Å²) >= 11 is 3.46. The summed E-state index contributed by atoms with van der Waals surface area (Å²) in [7, 11) is 0. The molecule has 2 amide bonds. The van der Waals surface area contributed by atoms with E-state index < -0.39 is 17.8 Å². The van der Waals surface area contributed by atoms with E-state index in [0.717, 1.165) is 22.0 Å². The van der Waals surface area contributed by atoms with Gasteiger partial charge < -0.3 is 15.0 Å². The molecule has 0 aliphatic rings. The highest BCUT2D eigenvalue weighted by molar-refractivity contribution is 9.10. The van der Waals surface area contributed by atoms with Gasteiger partial charge in [0.2, 0.25) is 5.91 Å². The molecule has 0 spiro atoms. The van der Waals surface area contributed by atoms with Crippen molar-refractivity contribution in [1.82, 2.24) is 10.2 Å². The minimum Gasteiger partial charge on any atom is -0.484 e. The molecule has 0 fully saturated rings. The third kappa shape index (κ3) is 7.65. The summed E-state index contributed by atoms with van der Waals surface area (Å²) in [4.78, 5) is 28.4. The molecular formula is C29H32BrFN2O3. The van der Waals surface area contributed by atoms with Gasteiger partial charge in [0.15, 0.2) is 6.61 Å². The number of aryl methyl sites for hydroxylation is 1. The third-order valence-corrected chi connectivity index (χ3v) is 6.95. The first-order chi connectivity index (χ1) is 17.3. The number of ether oxygens (including phenoxy) is 1. The minimum atomic E-state index is -0.844. The lowest BCUT2D eigenvalue weighted by molar-refractivity contribution is -0.143. The normalized spacial score (nSPS) is 12.5. The van der Waals surface area contributed by atoms with E-state index in [9.17, 15) is 14.0 Å². The van der Waals surface area contributed by atoms with E-state index in [1.165, 1.54) is 11.0 Å². The summed E-state index contributed by atoms with van der Waals surface area (Å²) in [6.07, 6.45) is 1.04. The maximum Gasteiger partial charge on any atom is 0.261 e. The minimum absolute atomic E-state index is 0.0559. The maximum atomic E-state index is 14.6. The number of carbonyl (C=O) groups is 2. The number of hydrogen-bond acceptors (Lipinski definition) is 3. The van der Waals surface area contributed by atoms with Crippen LogP contribution in [0.15, 0.2) is 77.3 Å². The highest BCUT2D eigenvalue weighted by atomic mass is 79.9. The van der Waals surface area contributed by atoms with Gasteiger partial charge in [-0.15, -0.1) is 0 Å². The number of carbonyl (C=O) groups excluding carboxylic acids is 2. The molecule has 0 unspecified atom stereocenters. The van der Waals surface area contributed by atoms with Crippen molar-refractivity contribution in [3.05, 3.63) is 99.8 Å². The summed E-state index contributed by atoms with van der Waals surface area (Å²) in [5.41, 5.74) is 2.20.